The van der Waals surface area contributed by atoms with Crippen LogP contribution < -0.4 is 0 Å². The monoisotopic (exact) mass is 278 g/mol. The van der Waals surface area contributed by atoms with Crippen molar-refractivity contribution in [2.24, 2.45) is 0 Å². The van der Waals surface area contributed by atoms with E-state index in [0.717, 1.165) is 0 Å². The van der Waals surface area contributed by atoms with Crippen molar-refractivity contribution in [3.05, 3.63) is 16.6 Å². The molecule has 0 aromatic carbocycles. The lowest BCUT2D eigenvalue weighted by atomic mass is 10.3. The number of sulfonamides is 1. The first-order valence-electron chi connectivity index (χ1n) is 4.94. The lowest BCUT2D eigenvalue weighted by Crippen LogP contribution is -2.29. The summed E-state index contributed by atoms with van der Waals surface area (Å²) in [6.45, 7) is 0.221. The lowest BCUT2D eigenvalue weighted by molar-refractivity contribution is -0.137. The maximum absolute atomic E-state index is 11.7. The van der Waals surface area contributed by atoms with Gasteiger partial charge in [0.2, 0.25) is 10.0 Å². The van der Waals surface area contributed by atoms with Crippen molar-refractivity contribution in [1.82, 2.24) is 9.29 Å². The fourth-order valence-corrected chi connectivity index (χ4v) is 2.90. The van der Waals surface area contributed by atoms with Crippen LogP contribution >= 0.6 is 11.3 Å². The van der Waals surface area contributed by atoms with Gasteiger partial charge in [-0.05, 0) is 6.42 Å². The van der Waals surface area contributed by atoms with Gasteiger partial charge in [-0.2, -0.15) is 4.31 Å². The Morgan fingerprint density at radius 1 is 1.59 bits per heavy atom. The van der Waals surface area contributed by atoms with Crippen molar-refractivity contribution in [3.8, 4) is 0 Å². The van der Waals surface area contributed by atoms with Crippen molar-refractivity contribution in [1.29, 1.82) is 0 Å². The largest absolute Gasteiger partial charge is 0.481 e. The quantitative estimate of drug-likeness (QED) is 0.796. The molecule has 1 heterocycles. The van der Waals surface area contributed by atoms with E-state index in [9.17, 15) is 13.2 Å². The number of rotatable bonds is 7. The Balaban J connectivity index is 2.49. The standard InChI is InChI=1S/C9H14N2O4S2/c1-11(5-8-6-16-7-10-8)17(14,15)4-2-3-9(12)13/h6-7H,2-5H2,1H3,(H,12,13). The summed E-state index contributed by atoms with van der Waals surface area (Å²) in [5.41, 5.74) is 2.33. The second-order valence-corrected chi connectivity index (χ2v) is 6.46. The third-order valence-corrected chi connectivity index (χ3v) is 4.65. The molecule has 17 heavy (non-hydrogen) atoms. The SMILES string of the molecule is CN(Cc1cscn1)S(=O)(=O)CCCC(=O)O. The summed E-state index contributed by atoms with van der Waals surface area (Å²) in [7, 11) is -1.93. The molecule has 0 spiro atoms. The smallest absolute Gasteiger partial charge is 0.303 e. The number of carboxylic acids is 1. The van der Waals surface area contributed by atoms with E-state index in [1.54, 1.807) is 10.9 Å². The molecule has 1 aromatic rings. The molecule has 1 aromatic heterocycles. The van der Waals surface area contributed by atoms with Crippen molar-refractivity contribution >= 4 is 27.3 Å². The van der Waals surface area contributed by atoms with E-state index in [1.165, 1.54) is 22.7 Å². The molecule has 0 radical (unpaired) electrons. The van der Waals surface area contributed by atoms with Crippen LogP contribution in [0.1, 0.15) is 18.5 Å². The van der Waals surface area contributed by atoms with Gasteiger partial charge in [0.15, 0.2) is 0 Å². The van der Waals surface area contributed by atoms with E-state index in [0.29, 0.717) is 5.69 Å². The van der Waals surface area contributed by atoms with Gasteiger partial charge in [0.05, 0.1) is 23.5 Å². The minimum Gasteiger partial charge on any atom is -0.481 e. The third kappa shape index (κ3) is 4.80. The molecule has 8 heteroatoms. The molecular weight excluding hydrogens is 264 g/mol. The van der Waals surface area contributed by atoms with E-state index < -0.39 is 16.0 Å². The van der Waals surface area contributed by atoms with Crippen molar-refractivity contribution in [3.63, 3.8) is 0 Å². The van der Waals surface area contributed by atoms with E-state index >= 15 is 0 Å². The lowest BCUT2D eigenvalue weighted by Gasteiger charge is -2.15. The topological polar surface area (TPSA) is 87.6 Å². The fraction of sp³-hybridized carbons (Fsp3) is 0.556. The molecule has 0 saturated heterocycles. The van der Waals surface area contributed by atoms with E-state index in [-0.39, 0.29) is 25.1 Å². The summed E-state index contributed by atoms with van der Waals surface area (Å²) in [6, 6.07) is 0. The van der Waals surface area contributed by atoms with Crippen LogP contribution in [0.4, 0.5) is 0 Å². The normalized spacial score (nSPS) is 11.9. The summed E-state index contributed by atoms with van der Waals surface area (Å²) < 4.78 is 24.7. The highest BCUT2D eigenvalue weighted by atomic mass is 32.2. The maximum Gasteiger partial charge on any atom is 0.303 e. The van der Waals surface area contributed by atoms with Gasteiger partial charge in [0.1, 0.15) is 0 Å². The zero-order valence-electron chi connectivity index (χ0n) is 9.37. The van der Waals surface area contributed by atoms with Gasteiger partial charge in [-0.15, -0.1) is 11.3 Å². The van der Waals surface area contributed by atoms with Crippen molar-refractivity contribution < 1.29 is 18.3 Å². The molecule has 0 atom stereocenters. The number of thiazole rings is 1. The Hall–Kier alpha value is -0.990. The minimum atomic E-state index is -3.40. The Bertz CT molecular complexity index is 455. The highest BCUT2D eigenvalue weighted by Crippen LogP contribution is 2.09. The number of carbonyl (C=O) groups is 1. The van der Waals surface area contributed by atoms with Gasteiger partial charge in [0, 0.05) is 18.8 Å². The van der Waals surface area contributed by atoms with E-state index in [2.05, 4.69) is 4.98 Å². The van der Waals surface area contributed by atoms with Crippen LogP contribution in [0.15, 0.2) is 10.9 Å². The van der Waals surface area contributed by atoms with Gasteiger partial charge >= 0.3 is 5.97 Å². The van der Waals surface area contributed by atoms with Crippen molar-refractivity contribution in [2.45, 2.75) is 19.4 Å². The summed E-state index contributed by atoms with van der Waals surface area (Å²) in [4.78, 5) is 14.3. The van der Waals surface area contributed by atoms with Crippen LogP contribution in [0, 0.1) is 0 Å². The number of hydrogen-bond donors (Lipinski definition) is 1. The van der Waals surface area contributed by atoms with Gasteiger partial charge in [-0.25, -0.2) is 13.4 Å². The average molecular weight is 278 g/mol. The van der Waals surface area contributed by atoms with Crippen LogP contribution in [0.5, 0.6) is 0 Å². The third-order valence-electron chi connectivity index (χ3n) is 2.14. The Morgan fingerprint density at radius 2 is 2.29 bits per heavy atom. The summed E-state index contributed by atoms with van der Waals surface area (Å²) >= 11 is 1.40. The molecule has 0 saturated carbocycles. The molecule has 1 N–H and O–H groups in total. The molecule has 0 unspecified atom stereocenters. The number of carboxylic acid groups (broad SMARTS) is 1. The van der Waals surface area contributed by atoms with E-state index in [4.69, 9.17) is 5.11 Å². The number of aliphatic carboxylic acids is 1. The summed E-state index contributed by atoms with van der Waals surface area (Å²) in [5, 5.41) is 10.2. The second-order valence-electron chi connectivity index (χ2n) is 3.55. The molecule has 1 rings (SSSR count). The number of nitrogens with zero attached hydrogens (tertiary/aromatic N) is 2. The predicted octanol–water partition coefficient (Wildman–Crippen LogP) is 0.770. The first kappa shape index (κ1) is 14.1. The highest BCUT2D eigenvalue weighted by Gasteiger charge is 2.18. The van der Waals surface area contributed by atoms with Gasteiger partial charge in [0.25, 0.3) is 0 Å². The summed E-state index contributed by atoms with van der Waals surface area (Å²) in [6.07, 6.45) is -0.0111. The average Bonchev–Trinajstić information content (AvgIpc) is 2.69. The molecule has 0 fully saturated rings. The van der Waals surface area contributed by atoms with Crippen LogP contribution in [-0.2, 0) is 21.4 Å². The van der Waals surface area contributed by atoms with Crippen LogP contribution in [0.25, 0.3) is 0 Å². The maximum atomic E-state index is 11.7. The molecule has 6 nitrogen and oxygen atoms in total. The molecule has 0 aliphatic carbocycles. The van der Waals surface area contributed by atoms with Crippen molar-refractivity contribution in [2.75, 3.05) is 12.8 Å². The highest BCUT2D eigenvalue weighted by molar-refractivity contribution is 7.89. The van der Waals surface area contributed by atoms with Crippen LogP contribution in [-0.4, -0.2) is 41.6 Å². The van der Waals surface area contributed by atoms with Gasteiger partial charge in [-0.1, -0.05) is 0 Å². The predicted molar refractivity (Wildman–Crippen MR) is 64.2 cm³/mol. The molecule has 96 valence electrons. The molecule has 0 bridgehead atoms. The van der Waals surface area contributed by atoms with Gasteiger partial charge in [-0.3, -0.25) is 4.79 Å². The Labute approximate surface area is 104 Å². The summed E-state index contributed by atoms with van der Waals surface area (Å²) in [5.74, 6) is -1.14. The molecular formula is C9H14N2O4S2. The zero-order chi connectivity index (χ0) is 12.9. The van der Waals surface area contributed by atoms with E-state index in [1.807, 2.05) is 0 Å². The fourth-order valence-electron chi connectivity index (χ4n) is 1.20. The Morgan fingerprint density at radius 3 is 2.82 bits per heavy atom. The second kappa shape index (κ2) is 6.08. The first-order valence-corrected chi connectivity index (χ1v) is 7.50. The number of aromatic nitrogens is 1. The van der Waals surface area contributed by atoms with Crippen LogP contribution in [0.3, 0.4) is 0 Å². The molecule has 0 aliphatic rings. The van der Waals surface area contributed by atoms with Gasteiger partial charge < -0.3 is 5.11 Å². The molecule has 0 amide bonds. The first-order chi connectivity index (χ1) is 7.92. The zero-order valence-corrected chi connectivity index (χ0v) is 11.0. The molecule has 0 aliphatic heterocycles. The number of hydrogen-bond acceptors (Lipinski definition) is 5. The minimum absolute atomic E-state index is 0.124. The Kier molecular flexibility index (Phi) is 5.03. The van der Waals surface area contributed by atoms with Crippen LogP contribution in [0.2, 0.25) is 0 Å².